The first kappa shape index (κ1) is 14.5. The number of carbonyl (C=O) groups is 2. The fourth-order valence-electron chi connectivity index (χ4n) is 3.61. The first-order valence-corrected chi connectivity index (χ1v) is 7.43. The Morgan fingerprint density at radius 1 is 1.62 bits per heavy atom. The predicted molar refractivity (Wildman–Crippen MR) is 71.0 cm³/mol. The molecule has 0 aromatic carbocycles. The quantitative estimate of drug-likeness (QED) is 0.480. The van der Waals surface area contributed by atoms with Gasteiger partial charge >= 0.3 is 0 Å². The molecule has 0 aromatic rings. The Kier molecular flexibility index (Phi) is 3.53. The lowest BCUT2D eigenvalue weighted by Gasteiger charge is -2.24. The fourth-order valence-corrected chi connectivity index (χ4v) is 3.61. The lowest BCUT2D eigenvalue weighted by molar-refractivity contribution is -0.313. The number of carboxylic acid groups (broad SMARTS) is 1. The van der Waals surface area contributed by atoms with Crippen LogP contribution in [-0.4, -0.2) is 54.3 Å². The van der Waals surface area contributed by atoms with Gasteiger partial charge in [0.15, 0.2) is 0 Å². The Bertz CT molecular complexity index is 488. The highest BCUT2D eigenvalue weighted by Gasteiger charge is 2.65. The van der Waals surface area contributed by atoms with Crippen LogP contribution < -0.4 is 5.11 Å². The molecule has 0 radical (unpaired) electrons. The molecular weight excluding hydrogens is 274 g/mol. The number of aliphatic carboxylic acids is 1. The van der Waals surface area contributed by atoms with E-state index in [1.807, 2.05) is 19.9 Å². The van der Waals surface area contributed by atoms with Gasteiger partial charge in [-0.05, 0) is 20.3 Å². The van der Waals surface area contributed by atoms with Gasteiger partial charge in [-0.2, -0.15) is 0 Å². The van der Waals surface area contributed by atoms with Crippen LogP contribution >= 0.6 is 0 Å². The summed E-state index contributed by atoms with van der Waals surface area (Å²) < 4.78 is 11.2. The second kappa shape index (κ2) is 5.10. The van der Waals surface area contributed by atoms with E-state index in [0.29, 0.717) is 19.7 Å². The molecule has 3 aliphatic rings. The zero-order valence-electron chi connectivity index (χ0n) is 12.3. The number of nitrogens with zero attached hydrogens (tertiary/aromatic N) is 1. The van der Waals surface area contributed by atoms with Crippen molar-refractivity contribution in [3.05, 3.63) is 12.2 Å². The molecule has 0 N–H and O–H groups in total. The average molecular weight is 294 g/mol. The van der Waals surface area contributed by atoms with E-state index in [0.717, 1.165) is 6.42 Å². The van der Waals surface area contributed by atoms with E-state index >= 15 is 0 Å². The third kappa shape index (κ3) is 2.26. The van der Waals surface area contributed by atoms with E-state index in [1.54, 1.807) is 11.0 Å². The summed E-state index contributed by atoms with van der Waals surface area (Å²) in [6.45, 7) is 5.50. The SMILES string of the molecule is CC(C)OCCCN1C[C@@]23C=C[C@H](O2)[C@H](C(=O)[O-])[C@H]3C1=O. The molecule has 6 nitrogen and oxygen atoms in total. The van der Waals surface area contributed by atoms with Crippen LogP contribution in [0.2, 0.25) is 0 Å². The molecule has 0 unspecified atom stereocenters. The largest absolute Gasteiger partial charge is 0.550 e. The molecule has 0 aliphatic carbocycles. The van der Waals surface area contributed by atoms with E-state index in [-0.39, 0.29) is 12.0 Å². The number of ether oxygens (including phenoxy) is 2. The molecule has 6 heteroatoms. The Morgan fingerprint density at radius 2 is 2.38 bits per heavy atom. The first-order chi connectivity index (χ1) is 9.94. The van der Waals surface area contributed by atoms with E-state index in [9.17, 15) is 14.7 Å². The highest BCUT2D eigenvalue weighted by atomic mass is 16.5. The van der Waals surface area contributed by atoms with Gasteiger partial charge in [-0.1, -0.05) is 12.2 Å². The van der Waals surface area contributed by atoms with Crippen molar-refractivity contribution in [1.82, 2.24) is 4.90 Å². The van der Waals surface area contributed by atoms with Gasteiger partial charge in [0.1, 0.15) is 5.60 Å². The minimum Gasteiger partial charge on any atom is -0.550 e. The molecule has 2 bridgehead atoms. The summed E-state index contributed by atoms with van der Waals surface area (Å²) >= 11 is 0. The van der Waals surface area contributed by atoms with Crippen LogP contribution in [0.5, 0.6) is 0 Å². The summed E-state index contributed by atoms with van der Waals surface area (Å²) in [5, 5.41) is 11.3. The van der Waals surface area contributed by atoms with Gasteiger partial charge < -0.3 is 24.3 Å². The minimum atomic E-state index is -1.20. The van der Waals surface area contributed by atoms with Crippen molar-refractivity contribution in [1.29, 1.82) is 0 Å². The smallest absolute Gasteiger partial charge is 0.229 e. The lowest BCUT2D eigenvalue weighted by atomic mass is 9.77. The van der Waals surface area contributed by atoms with Crippen LogP contribution in [0.15, 0.2) is 12.2 Å². The van der Waals surface area contributed by atoms with Gasteiger partial charge in [0.25, 0.3) is 0 Å². The van der Waals surface area contributed by atoms with Crippen molar-refractivity contribution in [3.63, 3.8) is 0 Å². The Hall–Kier alpha value is -1.40. The number of likely N-dealkylation sites (tertiary alicyclic amines) is 1. The number of carbonyl (C=O) groups excluding carboxylic acids is 2. The minimum absolute atomic E-state index is 0.138. The topological polar surface area (TPSA) is 78.9 Å². The number of rotatable bonds is 6. The van der Waals surface area contributed by atoms with Gasteiger partial charge in [-0.15, -0.1) is 0 Å². The first-order valence-electron chi connectivity index (χ1n) is 7.43. The molecule has 2 fully saturated rings. The molecule has 116 valence electrons. The van der Waals surface area contributed by atoms with E-state index in [2.05, 4.69) is 0 Å². The monoisotopic (exact) mass is 294 g/mol. The maximum atomic E-state index is 12.5. The van der Waals surface area contributed by atoms with Gasteiger partial charge in [0, 0.05) is 25.0 Å². The van der Waals surface area contributed by atoms with Crippen molar-refractivity contribution in [2.45, 2.75) is 38.1 Å². The fraction of sp³-hybridized carbons (Fsp3) is 0.733. The molecule has 21 heavy (non-hydrogen) atoms. The molecular formula is C15H20NO5-. The molecule has 1 amide bonds. The van der Waals surface area contributed by atoms with E-state index < -0.39 is 29.5 Å². The number of amides is 1. The number of fused-ring (bicyclic) bond motifs is 1. The van der Waals surface area contributed by atoms with Gasteiger partial charge in [-0.25, -0.2) is 0 Å². The Morgan fingerprint density at radius 3 is 3.05 bits per heavy atom. The zero-order chi connectivity index (χ0) is 15.2. The van der Waals surface area contributed by atoms with Crippen molar-refractivity contribution in [2.24, 2.45) is 11.8 Å². The summed E-state index contributed by atoms with van der Waals surface area (Å²) in [7, 11) is 0. The van der Waals surface area contributed by atoms with E-state index in [1.165, 1.54) is 0 Å². The van der Waals surface area contributed by atoms with Crippen LogP contribution in [0.25, 0.3) is 0 Å². The van der Waals surface area contributed by atoms with Crippen molar-refractivity contribution in [2.75, 3.05) is 19.7 Å². The van der Waals surface area contributed by atoms with Crippen molar-refractivity contribution >= 4 is 11.9 Å². The molecule has 1 spiro atoms. The third-order valence-electron chi connectivity index (χ3n) is 4.47. The average Bonchev–Trinajstić information content (AvgIpc) is 3.03. The zero-order valence-corrected chi connectivity index (χ0v) is 12.3. The summed E-state index contributed by atoms with van der Waals surface area (Å²) in [6.07, 6.45) is 3.98. The summed E-state index contributed by atoms with van der Waals surface area (Å²) in [5.41, 5.74) is -0.759. The normalized spacial score (nSPS) is 36.8. The molecule has 3 aliphatic heterocycles. The second-order valence-corrected chi connectivity index (χ2v) is 6.25. The van der Waals surface area contributed by atoms with Gasteiger partial charge in [-0.3, -0.25) is 4.79 Å². The molecule has 4 atom stereocenters. The Labute approximate surface area is 123 Å². The number of hydrogen-bond donors (Lipinski definition) is 0. The standard InChI is InChI=1S/C15H21NO5/c1-9(2)20-7-3-6-16-8-15-5-4-10(21-15)11(14(18)19)12(15)13(16)17/h4-5,9-12H,3,6-8H2,1-2H3,(H,18,19)/p-1/t10-,11-,12-,15+/m0/s1. The highest BCUT2D eigenvalue weighted by Crippen LogP contribution is 2.51. The summed E-state index contributed by atoms with van der Waals surface area (Å²) in [5.74, 6) is -2.84. The van der Waals surface area contributed by atoms with Crippen molar-refractivity contribution in [3.8, 4) is 0 Å². The van der Waals surface area contributed by atoms with Gasteiger partial charge in [0.2, 0.25) is 5.91 Å². The summed E-state index contributed by atoms with van der Waals surface area (Å²) in [4.78, 5) is 25.5. The second-order valence-electron chi connectivity index (χ2n) is 6.25. The van der Waals surface area contributed by atoms with Crippen LogP contribution in [-0.2, 0) is 19.1 Å². The summed E-state index contributed by atoms with van der Waals surface area (Å²) in [6, 6.07) is 0. The third-order valence-corrected chi connectivity index (χ3v) is 4.47. The maximum absolute atomic E-state index is 12.5. The Balaban J connectivity index is 1.65. The van der Waals surface area contributed by atoms with E-state index in [4.69, 9.17) is 9.47 Å². The van der Waals surface area contributed by atoms with Crippen LogP contribution in [0.4, 0.5) is 0 Å². The number of hydrogen-bond acceptors (Lipinski definition) is 5. The van der Waals surface area contributed by atoms with Crippen LogP contribution in [0.3, 0.4) is 0 Å². The maximum Gasteiger partial charge on any atom is 0.229 e. The molecule has 3 heterocycles. The van der Waals surface area contributed by atoms with Crippen LogP contribution in [0.1, 0.15) is 20.3 Å². The highest BCUT2D eigenvalue weighted by molar-refractivity contribution is 5.90. The molecule has 3 rings (SSSR count). The van der Waals surface area contributed by atoms with Crippen LogP contribution in [0, 0.1) is 11.8 Å². The predicted octanol–water partition coefficient (Wildman–Crippen LogP) is -0.667. The van der Waals surface area contributed by atoms with Crippen molar-refractivity contribution < 1.29 is 24.2 Å². The molecule has 0 saturated carbocycles. The molecule has 2 saturated heterocycles. The van der Waals surface area contributed by atoms with Gasteiger partial charge in [0.05, 0.1) is 24.7 Å². The number of carboxylic acids is 1. The molecule has 0 aromatic heterocycles. The lowest BCUT2D eigenvalue weighted by Crippen LogP contribution is -2.45.